The zero-order chi connectivity index (χ0) is 31.1. The first-order valence-electron chi connectivity index (χ1n) is 13.7. The van der Waals surface area contributed by atoms with Crippen molar-refractivity contribution in [1.29, 1.82) is 0 Å². The number of fused-ring (bicyclic) bond motifs is 1. The molecule has 1 saturated heterocycles. The summed E-state index contributed by atoms with van der Waals surface area (Å²) in [6, 6.07) is 10.7. The van der Waals surface area contributed by atoms with Crippen molar-refractivity contribution in [3.8, 4) is 17.6 Å². The minimum absolute atomic E-state index is 0.0579. The summed E-state index contributed by atoms with van der Waals surface area (Å²) < 4.78 is 61.8. The summed E-state index contributed by atoms with van der Waals surface area (Å²) in [6.45, 7) is -0.790. The Balaban J connectivity index is 1.53. The van der Waals surface area contributed by atoms with Crippen molar-refractivity contribution in [3.05, 3.63) is 53.7 Å². The molecule has 1 amide bonds. The van der Waals surface area contributed by atoms with E-state index in [1.54, 1.807) is 30.3 Å². The fraction of sp³-hybridized carbons (Fsp3) is 0.433. The third kappa shape index (κ3) is 8.31. The quantitative estimate of drug-likeness (QED) is 0.178. The molecule has 232 valence electrons. The van der Waals surface area contributed by atoms with Gasteiger partial charge in [-0.1, -0.05) is 12.0 Å². The molecule has 0 aliphatic carbocycles. The van der Waals surface area contributed by atoms with Crippen molar-refractivity contribution in [2.75, 3.05) is 57.6 Å². The second-order valence-electron chi connectivity index (χ2n) is 10.4. The van der Waals surface area contributed by atoms with Crippen molar-refractivity contribution in [1.82, 2.24) is 14.8 Å². The summed E-state index contributed by atoms with van der Waals surface area (Å²) in [7, 11) is 3.26. The molecule has 5 N–H and O–H groups in total. The number of hydrogen-bond donors (Lipinski definition) is 5. The molecule has 0 saturated carbocycles. The maximum atomic E-state index is 14.7. The van der Waals surface area contributed by atoms with Crippen LogP contribution >= 0.6 is 0 Å². The number of rotatable bonds is 10. The highest BCUT2D eigenvalue weighted by atomic mass is 19.4. The number of anilines is 2. The molecule has 1 fully saturated rings. The maximum Gasteiger partial charge on any atom is 0.406 e. The summed E-state index contributed by atoms with van der Waals surface area (Å²) in [4.78, 5) is 14.2. The summed E-state index contributed by atoms with van der Waals surface area (Å²) in [6.07, 6.45) is -6.11. The first kappa shape index (κ1) is 31.9. The van der Waals surface area contributed by atoms with E-state index < -0.39 is 43.6 Å². The van der Waals surface area contributed by atoms with E-state index in [-0.39, 0.29) is 30.9 Å². The average molecular weight is 606 g/mol. The van der Waals surface area contributed by atoms with Crippen molar-refractivity contribution in [2.24, 2.45) is 0 Å². The Bertz CT molecular complexity index is 1480. The normalized spacial score (nSPS) is 18.0. The van der Waals surface area contributed by atoms with Crippen molar-refractivity contribution in [2.45, 2.75) is 37.5 Å². The summed E-state index contributed by atoms with van der Waals surface area (Å²) >= 11 is 0. The number of aliphatic hydroxyl groups excluding tert-OH is 2. The summed E-state index contributed by atoms with van der Waals surface area (Å²) in [5.41, 5.74) is 1.82. The van der Waals surface area contributed by atoms with Crippen molar-refractivity contribution >= 4 is 28.2 Å². The lowest BCUT2D eigenvalue weighted by Crippen LogP contribution is -2.46. The number of methoxy groups -OCH3 is 1. The Morgan fingerprint density at radius 1 is 1.21 bits per heavy atom. The monoisotopic (exact) mass is 605 g/mol. The zero-order valence-corrected chi connectivity index (χ0v) is 23.8. The van der Waals surface area contributed by atoms with E-state index in [9.17, 15) is 27.5 Å². The molecular weight excluding hydrogens is 570 g/mol. The van der Waals surface area contributed by atoms with Crippen molar-refractivity contribution < 1.29 is 37.3 Å². The number of nitrogens with one attached hydrogen (secondary N) is 3. The van der Waals surface area contributed by atoms with E-state index in [1.165, 1.54) is 19.2 Å². The van der Waals surface area contributed by atoms with Crippen LogP contribution in [0.1, 0.15) is 22.5 Å². The molecule has 2 heterocycles. The average Bonchev–Trinajstić information content (AvgIpc) is 3.31. The van der Waals surface area contributed by atoms with Crippen LogP contribution < -0.4 is 20.7 Å². The molecule has 43 heavy (non-hydrogen) atoms. The lowest BCUT2D eigenvalue weighted by Gasteiger charge is -2.33. The molecule has 1 aromatic heterocycles. The van der Waals surface area contributed by atoms with Gasteiger partial charge in [-0.3, -0.25) is 4.79 Å². The number of piperidine rings is 1. The number of carbonyl (C=O) groups excluding carboxylic acids is 1. The molecule has 0 radical (unpaired) electrons. The molecule has 3 atom stereocenters. The molecule has 2 aromatic carbocycles. The van der Waals surface area contributed by atoms with Crippen LogP contribution in [-0.4, -0.2) is 97.0 Å². The summed E-state index contributed by atoms with van der Waals surface area (Å²) in [5, 5.41) is 27.6. The molecule has 2 unspecified atom stereocenters. The van der Waals surface area contributed by atoms with Crippen LogP contribution in [0.25, 0.3) is 10.9 Å². The topological polar surface area (TPSA) is 111 Å². The highest BCUT2D eigenvalue weighted by Crippen LogP contribution is 2.32. The number of benzene rings is 2. The lowest BCUT2D eigenvalue weighted by atomic mass is 10.0. The number of alkyl halides is 4. The predicted octanol–water partition coefficient (Wildman–Crippen LogP) is 3.21. The Morgan fingerprint density at radius 3 is 2.70 bits per heavy atom. The third-order valence-corrected chi connectivity index (χ3v) is 7.12. The van der Waals surface area contributed by atoms with Crippen LogP contribution in [-0.2, 0) is 6.54 Å². The number of halogens is 4. The van der Waals surface area contributed by atoms with Gasteiger partial charge >= 0.3 is 6.18 Å². The third-order valence-electron chi connectivity index (χ3n) is 7.12. The SMILES string of the molecule is COc1cc(C(=O)NCC(O)CO)ccc1NCC#Cc1cc2c(N[C@@H]3CCN(C)CC3F)cccc2n1CC(F)(F)F. The largest absolute Gasteiger partial charge is 0.495 e. The van der Waals surface area contributed by atoms with E-state index in [0.717, 1.165) is 4.57 Å². The number of carbonyl (C=O) groups is 1. The van der Waals surface area contributed by atoms with Gasteiger partial charge in [-0.15, -0.1) is 0 Å². The zero-order valence-electron chi connectivity index (χ0n) is 23.8. The fourth-order valence-electron chi connectivity index (χ4n) is 4.91. The molecular formula is C30H35F4N5O4. The van der Waals surface area contributed by atoms with Gasteiger partial charge in [0.25, 0.3) is 5.91 Å². The molecule has 0 bridgehead atoms. The minimum Gasteiger partial charge on any atom is -0.495 e. The number of aromatic nitrogens is 1. The highest BCUT2D eigenvalue weighted by Gasteiger charge is 2.31. The van der Waals surface area contributed by atoms with E-state index in [1.807, 2.05) is 11.9 Å². The van der Waals surface area contributed by atoms with Gasteiger partial charge in [-0.05, 0) is 55.8 Å². The Kier molecular flexibility index (Phi) is 10.4. The number of amides is 1. The van der Waals surface area contributed by atoms with Crippen LogP contribution in [0.5, 0.6) is 5.75 Å². The van der Waals surface area contributed by atoms with Gasteiger partial charge in [0.15, 0.2) is 0 Å². The second-order valence-corrected chi connectivity index (χ2v) is 10.4. The molecule has 9 nitrogen and oxygen atoms in total. The van der Waals surface area contributed by atoms with Crippen LogP contribution in [0.15, 0.2) is 42.5 Å². The van der Waals surface area contributed by atoms with E-state index in [2.05, 4.69) is 27.8 Å². The minimum atomic E-state index is -4.49. The van der Waals surface area contributed by atoms with Crippen LogP contribution in [0.4, 0.5) is 28.9 Å². The molecule has 1 aliphatic heterocycles. The fourth-order valence-corrected chi connectivity index (χ4v) is 4.91. The van der Waals surface area contributed by atoms with E-state index in [0.29, 0.717) is 41.0 Å². The first-order chi connectivity index (χ1) is 20.5. The highest BCUT2D eigenvalue weighted by molar-refractivity contribution is 5.95. The van der Waals surface area contributed by atoms with Gasteiger partial charge in [0.2, 0.25) is 0 Å². The molecule has 3 aromatic rings. The van der Waals surface area contributed by atoms with Gasteiger partial charge in [-0.2, -0.15) is 13.2 Å². The molecule has 4 rings (SSSR count). The van der Waals surface area contributed by atoms with Gasteiger partial charge in [0, 0.05) is 36.3 Å². The molecule has 13 heteroatoms. The first-order valence-corrected chi connectivity index (χ1v) is 13.7. The molecule has 1 aliphatic rings. The van der Waals surface area contributed by atoms with Crippen LogP contribution in [0.3, 0.4) is 0 Å². The molecule has 0 spiro atoms. The number of likely N-dealkylation sites (tertiary alicyclic amines) is 1. The van der Waals surface area contributed by atoms with Gasteiger partial charge in [0.05, 0.1) is 49.3 Å². The standard InChI is InChI=1S/C30H35F4N5O4/c1-38-12-10-25(23(31)16-38)37-24-6-3-7-27-22(24)14-20(39(27)18-30(32,33)34)5-4-11-35-26-9-8-19(13-28(26)43-2)29(42)36-15-21(41)17-40/h3,6-9,13-14,21,23,25,35,37,40-41H,10-12,15-18H2,1-2H3,(H,36,42)/t21?,23?,25-/m1/s1. The lowest BCUT2D eigenvalue weighted by molar-refractivity contribution is -0.140. The summed E-state index contributed by atoms with van der Waals surface area (Å²) in [5.74, 6) is 5.55. The van der Waals surface area contributed by atoms with E-state index in [4.69, 9.17) is 9.84 Å². The van der Waals surface area contributed by atoms with Crippen molar-refractivity contribution in [3.63, 3.8) is 0 Å². The van der Waals surface area contributed by atoms with Gasteiger partial charge in [-0.25, -0.2) is 4.39 Å². The van der Waals surface area contributed by atoms with Gasteiger partial charge in [0.1, 0.15) is 18.5 Å². The number of ether oxygens (including phenoxy) is 1. The van der Waals surface area contributed by atoms with Crippen LogP contribution in [0.2, 0.25) is 0 Å². The predicted molar refractivity (Wildman–Crippen MR) is 156 cm³/mol. The second kappa shape index (κ2) is 14.0. The van der Waals surface area contributed by atoms with Crippen LogP contribution in [0, 0.1) is 11.8 Å². The Labute approximate surface area is 246 Å². The van der Waals surface area contributed by atoms with E-state index >= 15 is 0 Å². The number of hydrogen-bond acceptors (Lipinski definition) is 7. The Hall–Kier alpha value is -3.99. The smallest absolute Gasteiger partial charge is 0.406 e. The number of nitrogens with zero attached hydrogens (tertiary/aromatic N) is 2. The maximum absolute atomic E-state index is 14.7. The number of aliphatic hydroxyl groups is 2. The Morgan fingerprint density at radius 2 is 2.00 bits per heavy atom. The van der Waals surface area contributed by atoms with Gasteiger partial charge < -0.3 is 40.4 Å².